The summed E-state index contributed by atoms with van der Waals surface area (Å²) in [6.07, 6.45) is 1.60. The Morgan fingerprint density at radius 3 is 2.48 bits per heavy atom. The SMILES string of the molecule is NC(=O)c1cccnc1N1CCN(C(=O)Nc2ccccc2F)CC1. The van der Waals surface area contributed by atoms with E-state index in [1.165, 1.54) is 12.1 Å². The Hall–Kier alpha value is -3.16. The average Bonchev–Trinajstić information content (AvgIpc) is 2.63. The molecule has 0 atom stereocenters. The highest BCUT2D eigenvalue weighted by Crippen LogP contribution is 2.19. The number of benzene rings is 1. The summed E-state index contributed by atoms with van der Waals surface area (Å²) in [5.74, 6) is -0.499. The third-order valence-electron chi connectivity index (χ3n) is 4.03. The second-order valence-electron chi connectivity index (χ2n) is 5.62. The summed E-state index contributed by atoms with van der Waals surface area (Å²) in [6.45, 7) is 1.86. The summed E-state index contributed by atoms with van der Waals surface area (Å²) in [6, 6.07) is 8.94. The first kappa shape index (κ1) is 16.7. The Morgan fingerprint density at radius 1 is 1.08 bits per heavy atom. The lowest BCUT2D eigenvalue weighted by Gasteiger charge is -2.35. The third-order valence-corrected chi connectivity index (χ3v) is 4.03. The van der Waals surface area contributed by atoms with E-state index in [0.717, 1.165) is 0 Å². The van der Waals surface area contributed by atoms with Crippen LogP contribution >= 0.6 is 0 Å². The summed E-state index contributed by atoms with van der Waals surface area (Å²) < 4.78 is 13.6. The van der Waals surface area contributed by atoms with E-state index >= 15 is 0 Å². The third kappa shape index (κ3) is 3.68. The van der Waals surface area contributed by atoms with Gasteiger partial charge in [-0.1, -0.05) is 12.1 Å². The van der Waals surface area contributed by atoms with E-state index in [0.29, 0.717) is 37.6 Å². The van der Waals surface area contributed by atoms with Crippen molar-refractivity contribution < 1.29 is 14.0 Å². The number of piperazine rings is 1. The monoisotopic (exact) mass is 343 g/mol. The number of hydrogen-bond acceptors (Lipinski definition) is 4. The first-order valence-corrected chi connectivity index (χ1v) is 7.86. The normalized spacial score (nSPS) is 14.3. The van der Waals surface area contributed by atoms with Gasteiger partial charge in [0.1, 0.15) is 11.6 Å². The lowest BCUT2D eigenvalue weighted by molar-refractivity contribution is 0.1000. The minimum atomic E-state index is -0.539. The fourth-order valence-electron chi connectivity index (χ4n) is 2.72. The molecule has 0 bridgehead atoms. The maximum absolute atomic E-state index is 13.6. The van der Waals surface area contributed by atoms with E-state index < -0.39 is 11.7 Å². The van der Waals surface area contributed by atoms with E-state index in [1.54, 1.807) is 35.4 Å². The van der Waals surface area contributed by atoms with Crippen LogP contribution in [0.4, 0.5) is 20.7 Å². The molecule has 7 nitrogen and oxygen atoms in total. The number of nitrogens with two attached hydrogens (primary N) is 1. The summed E-state index contributed by atoms with van der Waals surface area (Å²) in [7, 11) is 0. The summed E-state index contributed by atoms with van der Waals surface area (Å²) in [4.78, 5) is 31.5. The molecule has 1 aromatic carbocycles. The van der Waals surface area contributed by atoms with Gasteiger partial charge in [-0.05, 0) is 24.3 Å². The molecule has 1 aromatic heterocycles. The van der Waals surface area contributed by atoms with Crippen LogP contribution in [0.15, 0.2) is 42.6 Å². The van der Waals surface area contributed by atoms with Crippen LogP contribution in [-0.4, -0.2) is 48.0 Å². The number of hydrogen-bond donors (Lipinski definition) is 2. The number of nitrogens with zero attached hydrogens (tertiary/aromatic N) is 3. The maximum Gasteiger partial charge on any atom is 0.322 e. The van der Waals surface area contributed by atoms with Crippen LogP contribution in [0.5, 0.6) is 0 Å². The molecule has 1 fully saturated rings. The van der Waals surface area contributed by atoms with Crippen molar-refractivity contribution >= 4 is 23.4 Å². The molecule has 8 heteroatoms. The van der Waals surface area contributed by atoms with Gasteiger partial charge in [-0.15, -0.1) is 0 Å². The van der Waals surface area contributed by atoms with Crippen molar-refractivity contribution in [3.8, 4) is 0 Å². The Bertz CT molecular complexity index is 790. The molecule has 2 aromatic rings. The minimum absolute atomic E-state index is 0.149. The fraction of sp³-hybridized carbons (Fsp3) is 0.235. The van der Waals surface area contributed by atoms with Gasteiger partial charge >= 0.3 is 6.03 Å². The second kappa shape index (κ2) is 7.16. The van der Waals surface area contributed by atoms with Crippen LogP contribution in [0.3, 0.4) is 0 Å². The number of halogens is 1. The smallest absolute Gasteiger partial charge is 0.322 e. The number of carbonyl (C=O) groups excluding carboxylic acids is 2. The molecule has 0 unspecified atom stereocenters. The molecule has 3 amide bonds. The number of urea groups is 1. The van der Waals surface area contributed by atoms with Crippen LogP contribution in [0, 0.1) is 5.82 Å². The number of rotatable bonds is 3. The maximum atomic E-state index is 13.6. The molecule has 0 saturated carbocycles. The van der Waals surface area contributed by atoms with Gasteiger partial charge in [0, 0.05) is 32.4 Å². The van der Waals surface area contributed by atoms with Crippen molar-refractivity contribution in [2.75, 3.05) is 36.4 Å². The summed E-state index contributed by atoms with van der Waals surface area (Å²) in [5, 5.41) is 2.57. The van der Waals surface area contributed by atoms with Gasteiger partial charge in [-0.2, -0.15) is 0 Å². The highest BCUT2D eigenvalue weighted by atomic mass is 19.1. The highest BCUT2D eigenvalue weighted by molar-refractivity contribution is 5.97. The fourth-order valence-corrected chi connectivity index (χ4v) is 2.72. The predicted molar refractivity (Wildman–Crippen MR) is 92.0 cm³/mol. The van der Waals surface area contributed by atoms with Gasteiger partial charge in [0.15, 0.2) is 0 Å². The van der Waals surface area contributed by atoms with E-state index in [1.807, 2.05) is 4.90 Å². The molecule has 0 aliphatic carbocycles. The molecule has 0 radical (unpaired) electrons. The van der Waals surface area contributed by atoms with Crippen molar-refractivity contribution in [2.45, 2.75) is 0 Å². The zero-order valence-corrected chi connectivity index (χ0v) is 13.5. The quantitative estimate of drug-likeness (QED) is 0.887. The Balaban J connectivity index is 1.63. The van der Waals surface area contributed by atoms with Gasteiger partial charge in [-0.25, -0.2) is 14.2 Å². The minimum Gasteiger partial charge on any atom is -0.365 e. The number of para-hydroxylation sites is 1. The molecule has 25 heavy (non-hydrogen) atoms. The molecule has 2 heterocycles. The number of carbonyl (C=O) groups is 2. The van der Waals surface area contributed by atoms with E-state index in [2.05, 4.69) is 10.3 Å². The summed E-state index contributed by atoms with van der Waals surface area (Å²) >= 11 is 0. The number of aromatic nitrogens is 1. The van der Waals surface area contributed by atoms with E-state index in [9.17, 15) is 14.0 Å². The largest absolute Gasteiger partial charge is 0.365 e. The number of anilines is 2. The standard InChI is InChI=1S/C17H18FN5O2/c18-13-5-1-2-6-14(13)21-17(25)23-10-8-22(9-11-23)16-12(15(19)24)4-3-7-20-16/h1-7H,8-11H2,(H2,19,24)(H,21,25). The first-order chi connectivity index (χ1) is 12.1. The summed E-state index contributed by atoms with van der Waals surface area (Å²) in [5.41, 5.74) is 5.88. The molecular weight excluding hydrogens is 325 g/mol. The van der Waals surface area contributed by atoms with Crippen molar-refractivity contribution in [3.63, 3.8) is 0 Å². The zero-order valence-electron chi connectivity index (χ0n) is 13.5. The Morgan fingerprint density at radius 2 is 1.80 bits per heavy atom. The molecule has 1 aliphatic rings. The van der Waals surface area contributed by atoms with Gasteiger partial charge in [0.2, 0.25) is 0 Å². The van der Waals surface area contributed by atoms with Gasteiger partial charge in [0.05, 0.1) is 11.3 Å². The first-order valence-electron chi connectivity index (χ1n) is 7.86. The molecular formula is C17H18FN5O2. The van der Waals surface area contributed by atoms with Crippen LogP contribution in [0.2, 0.25) is 0 Å². The predicted octanol–water partition coefficient (Wildman–Crippen LogP) is 1.67. The second-order valence-corrected chi connectivity index (χ2v) is 5.62. The lowest BCUT2D eigenvalue weighted by Crippen LogP contribution is -2.50. The number of primary amides is 1. The van der Waals surface area contributed by atoms with E-state index in [4.69, 9.17) is 5.73 Å². The van der Waals surface area contributed by atoms with Crippen molar-refractivity contribution in [1.82, 2.24) is 9.88 Å². The van der Waals surface area contributed by atoms with Crippen LogP contribution in [0.1, 0.15) is 10.4 Å². The zero-order chi connectivity index (χ0) is 17.8. The molecule has 130 valence electrons. The molecule has 1 saturated heterocycles. The van der Waals surface area contributed by atoms with Gasteiger partial charge < -0.3 is 20.9 Å². The van der Waals surface area contributed by atoms with E-state index in [-0.39, 0.29) is 11.7 Å². The Labute approximate surface area is 144 Å². The number of pyridine rings is 1. The molecule has 3 N–H and O–H groups in total. The van der Waals surface area contributed by atoms with Gasteiger partial charge in [-0.3, -0.25) is 4.79 Å². The molecule has 1 aliphatic heterocycles. The molecule has 3 rings (SSSR count). The lowest BCUT2D eigenvalue weighted by atomic mass is 10.2. The van der Waals surface area contributed by atoms with Crippen LogP contribution in [-0.2, 0) is 0 Å². The van der Waals surface area contributed by atoms with Crippen molar-refractivity contribution in [2.24, 2.45) is 5.73 Å². The number of amides is 3. The van der Waals surface area contributed by atoms with Crippen LogP contribution < -0.4 is 16.0 Å². The number of nitrogens with one attached hydrogen (secondary N) is 1. The van der Waals surface area contributed by atoms with Crippen molar-refractivity contribution in [3.05, 3.63) is 54.0 Å². The van der Waals surface area contributed by atoms with Crippen LogP contribution in [0.25, 0.3) is 0 Å². The highest BCUT2D eigenvalue weighted by Gasteiger charge is 2.24. The topological polar surface area (TPSA) is 91.6 Å². The average molecular weight is 343 g/mol. The molecule has 0 spiro atoms. The Kier molecular flexibility index (Phi) is 4.78. The van der Waals surface area contributed by atoms with Gasteiger partial charge in [0.25, 0.3) is 5.91 Å². The van der Waals surface area contributed by atoms with Crippen molar-refractivity contribution in [1.29, 1.82) is 0 Å².